The van der Waals surface area contributed by atoms with Crippen LogP contribution in [-0.4, -0.2) is 59.9 Å². The van der Waals surface area contributed by atoms with E-state index in [1.54, 1.807) is 40.4 Å². The van der Waals surface area contributed by atoms with Gasteiger partial charge in [-0.05, 0) is 30.7 Å². The number of ether oxygens (including phenoxy) is 1. The Morgan fingerprint density at radius 1 is 1.00 bits per heavy atom. The second kappa shape index (κ2) is 7.95. The number of carbonyl (C=O) groups excluding carboxylic acids is 2. The predicted molar refractivity (Wildman–Crippen MR) is 93.6 cm³/mol. The maximum Gasteiger partial charge on any atom is 0.256 e. The molecule has 1 aliphatic heterocycles. The van der Waals surface area contributed by atoms with Gasteiger partial charge in [-0.15, -0.1) is 0 Å². The third-order valence-electron chi connectivity index (χ3n) is 4.40. The fourth-order valence-corrected chi connectivity index (χ4v) is 2.97. The Morgan fingerprint density at radius 2 is 1.65 bits per heavy atom. The van der Waals surface area contributed by atoms with E-state index in [0.717, 1.165) is 0 Å². The van der Waals surface area contributed by atoms with Crippen LogP contribution in [0.3, 0.4) is 0 Å². The molecular formula is C19H20FN3O3. The molecule has 2 amide bonds. The molecule has 0 bridgehead atoms. The molecule has 2 heterocycles. The summed E-state index contributed by atoms with van der Waals surface area (Å²) in [7, 11) is 1.44. The quantitative estimate of drug-likeness (QED) is 0.845. The normalized spacial score (nSPS) is 14.7. The molecule has 1 saturated heterocycles. The summed E-state index contributed by atoms with van der Waals surface area (Å²) in [6.45, 7) is 1.80. The number of benzene rings is 1. The summed E-state index contributed by atoms with van der Waals surface area (Å²) in [6.07, 6.45) is 3.79. The van der Waals surface area contributed by atoms with Crippen LogP contribution in [0, 0.1) is 5.82 Å². The van der Waals surface area contributed by atoms with Crippen molar-refractivity contribution >= 4 is 11.8 Å². The molecule has 0 atom stereocenters. The second-order valence-corrected chi connectivity index (χ2v) is 6.02. The van der Waals surface area contributed by atoms with Gasteiger partial charge >= 0.3 is 0 Å². The lowest BCUT2D eigenvalue weighted by atomic mass is 10.1. The zero-order valence-electron chi connectivity index (χ0n) is 14.5. The highest BCUT2D eigenvalue weighted by Gasteiger charge is 2.25. The molecule has 2 aromatic rings. The summed E-state index contributed by atoms with van der Waals surface area (Å²) in [5.41, 5.74) is 0.584. The van der Waals surface area contributed by atoms with E-state index in [1.165, 1.54) is 19.2 Å². The Balaban J connectivity index is 1.68. The van der Waals surface area contributed by atoms with E-state index >= 15 is 0 Å². The minimum absolute atomic E-state index is 0.0136. The average Bonchev–Trinajstić information content (AvgIpc) is 2.93. The first-order valence-corrected chi connectivity index (χ1v) is 8.42. The van der Waals surface area contributed by atoms with Gasteiger partial charge in [0.05, 0.1) is 12.7 Å². The van der Waals surface area contributed by atoms with E-state index in [0.29, 0.717) is 43.9 Å². The number of hydrogen-bond donors (Lipinski definition) is 0. The van der Waals surface area contributed by atoms with Gasteiger partial charge in [-0.25, -0.2) is 4.39 Å². The number of pyridine rings is 1. The number of aromatic nitrogens is 1. The molecule has 0 aliphatic carbocycles. The first-order chi connectivity index (χ1) is 12.6. The molecular weight excluding hydrogens is 337 g/mol. The number of halogens is 1. The van der Waals surface area contributed by atoms with Gasteiger partial charge < -0.3 is 14.5 Å². The Bertz CT molecular complexity index is 798. The Labute approximate surface area is 151 Å². The summed E-state index contributed by atoms with van der Waals surface area (Å²) in [5, 5.41) is 0. The van der Waals surface area contributed by atoms with Crippen LogP contribution in [0.15, 0.2) is 42.7 Å². The average molecular weight is 357 g/mol. The zero-order valence-corrected chi connectivity index (χ0v) is 14.5. The number of methoxy groups -OCH3 is 1. The molecule has 7 heteroatoms. The standard InChI is InChI=1S/C19H20FN3O3/c1-26-15-3-4-16(17(20)13-15)19(25)23-10-2-9-22(11-12-23)18(24)14-5-7-21-8-6-14/h3-8,13H,2,9-12H2,1H3. The van der Waals surface area contributed by atoms with Crippen molar-refractivity contribution in [2.24, 2.45) is 0 Å². The van der Waals surface area contributed by atoms with Gasteiger partial charge in [-0.1, -0.05) is 0 Å². The van der Waals surface area contributed by atoms with Crippen LogP contribution in [0.1, 0.15) is 27.1 Å². The molecule has 26 heavy (non-hydrogen) atoms. The monoisotopic (exact) mass is 357 g/mol. The molecule has 0 N–H and O–H groups in total. The molecule has 1 aliphatic rings. The van der Waals surface area contributed by atoms with E-state index in [9.17, 15) is 14.0 Å². The van der Waals surface area contributed by atoms with Crippen LogP contribution in [0.25, 0.3) is 0 Å². The number of amides is 2. The first-order valence-electron chi connectivity index (χ1n) is 8.42. The lowest BCUT2D eigenvalue weighted by Crippen LogP contribution is -2.37. The number of hydrogen-bond acceptors (Lipinski definition) is 4. The molecule has 0 radical (unpaired) electrons. The fraction of sp³-hybridized carbons (Fsp3) is 0.316. The van der Waals surface area contributed by atoms with E-state index in [-0.39, 0.29) is 17.4 Å². The van der Waals surface area contributed by atoms with E-state index in [4.69, 9.17) is 4.74 Å². The van der Waals surface area contributed by atoms with Gasteiger partial charge in [0, 0.05) is 50.2 Å². The largest absolute Gasteiger partial charge is 0.497 e. The van der Waals surface area contributed by atoms with Gasteiger partial charge in [0.15, 0.2) is 0 Å². The van der Waals surface area contributed by atoms with Gasteiger partial charge in [0.2, 0.25) is 0 Å². The van der Waals surface area contributed by atoms with Crippen molar-refractivity contribution in [2.75, 3.05) is 33.3 Å². The third kappa shape index (κ3) is 3.82. The molecule has 0 spiro atoms. The SMILES string of the molecule is COc1ccc(C(=O)N2CCCN(C(=O)c3ccncc3)CC2)c(F)c1. The maximum atomic E-state index is 14.2. The summed E-state index contributed by atoms with van der Waals surface area (Å²) in [4.78, 5) is 32.4. The van der Waals surface area contributed by atoms with Crippen LogP contribution < -0.4 is 4.74 Å². The Kier molecular flexibility index (Phi) is 5.46. The fourth-order valence-electron chi connectivity index (χ4n) is 2.97. The van der Waals surface area contributed by atoms with E-state index < -0.39 is 5.82 Å². The van der Waals surface area contributed by atoms with Crippen molar-refractivity contribution in [3.05, 3.63) is 59.7 Å². The number of nitrogens with zero attached hydrogens (tertiary/aromatic N) is 3. The minimum Gasteiger partial charge on any atom is -0.497 e. The molecule has 1 fully saturated rings. The molecule has 0 saturated carbocycles. The van der Waals surface area contributed by atoms with Crippen LogP contribution >= 0.6 is 0 Å². The number of carbonyl (C=O) groups is 2. The molecule has 0 unspecified atom stereocenters. The Hall–Kier alpha value is -2.96. The summed E-state index contributed by atoms with van der Waals surface area (Å²) in [5.74, 6) is -0.701. The summed E-state index contributed by atoms with van der Waals surface area (Å²) < 4.78 is 19.1. The predicted octanol–water partition coefficient (Wildman–Crippen LogP) is 2.22. The van der Waals surface area contributed by atoms with Crippen molar-refractivity contribution in [1.82, 2.24) is 14.8 Å². The lowest BCUT2D eigenvalue weighted by molar-refractivity contribution is 0.0716. The Morgan fingerprint density at radius 3 is 2.27 bits per heavy atom. The summed E-state index contributed by atoms with van der Waals surface area (Å²) >= 11 is 0. The van der Waals surface area contributed by atoms with Gasteiger partial charge in [-0.3, -0.25) is 14.6 Å². The number of rotatable bonds is 3. The highest BCUT2D eigenvalue weighted by atomic mass is 19.1. The van der Waals surface area contributed by atoms with Crippen molar-refractivity contribution in [3.8, 4) is 5.75 Å². The van der Waals surface area contributed by atoms with Crippen molar-refractivity contribution < 1.29 is 18.7 Å². The van der Waals surface area contributed by atoms with E-state index in [2.05, 4.69) is 4.98 Å². The topological polar surface area (TPSA) is 62.7 Å². The van der Waals surface area contributed by atoms with E-state index in [1.807, 2.05) is 0 Å². The minimum atomic E-state index is -0.608. The summed E-state index contributed by atoms with van der Waals surface area (Å²) in [6, 6.07) is 7.53. The highest BCUT2D eigenvalue weighted by Crippen LogP contribution is 2.19. The van der Waals surface area contributed by atoms with Crippen LogP contribution in [-0.2, 0) is 0 Å². The maximum absolute atomic E-state index is 14.2. The molecule has 1 aromatic heterocycles. The highest BCUT2D eigenvalue weighted by molar-refractivity contribution is 5.95. The molecule has 136 valence electrons. The van der Waals surface area contributed by atoms with Crippen LogP contribution in [0.5, 0.6) is 5.75 Å². The molecule has 1 aromatic carbocycles. The van der Waals surface area contributed by atoms with Gasteiger partial charge in [-0.2, -0.15) is 0 Å². The lowest BCUT2D eigenvalue weighted by Gasteiger charge is -2.22. The zero-order chi connectivity index (χ0) is 18.5. The molecule has 6 nitrogen and oxygen atoms in total. The second-order valence-electron chi connectivity index (χ2n) is 6.02. The van der Waals surface area contributed by atoms with Crippen LogP contribution in [0.4, 0.5) is 4.39 Å². The van der Waals surface area contributed by atoms with Gasteiger partial charge in [0.1, 0.15) is 11.6 Å². The van der Waals surface area contributed by atoms with Gasteiger partial charge in [0.25, 0.3) is 11.8 Å². The van der Waals surface area contributed by atoms with Crippen molar-refractivity contribution in [3.63, 3.8) is 0 Å². The van der Waals surface area contributed by atoms with Crippen LogP contribution in [0.2, 0.25) is 0 Å². The van der Waals surface area contributed by atoms with Crippen molar-refractivity contribution in [2.45, 2.75) is 6.42 Å². The first kappa shape index (κ1) is 17.8. The smallest absolute Gasteiger partial charge is 0.256 e. The molecule has 3 rings (SSSR count). The third-order valence-corrected chi connectivity index (χ3v) is 4.40. The van der Waals surface area contributed by atoms with Crippen molar-refractivity contribution in [1.29, 1.82) is 0 Å².